The zero-order chi connectivity index (χ0) is 13.9. The maximum Gasteiger partial charge on any atom is 0.321 e. The summed E-state index contributed by atoms with van der Waals surface area (Å²) in [6.07, 6.45) is 4.93. The van der Waals surface area contributed by atoms with Crippen molar-refractivity contribution in [3.05, 3.63) is 35.4 Å². The molecule has 20 heavy (non-hydrogen) atoms. The summed E-state index contributed by atoms with van der Waals surface area (Å²) >= 11 is 0. The van der Waals surface area contributed by atoms with Gasteiger partial charge in [0.15, 0.2) is 0 Å². The first-order chi connectivity index (χ1) is 9.78. The van der Waals surface area contributed by atoms with Crippen molar-refractivity contribution in [3.63, 3.8) is 0 Å². The lowest BCUT2D eigenvalue weighted by Crippen LogP contribution is -2.17. The molecule has 1 atom stereocenters. The van der Waals surface area contributed by atoms with Gasteiger partial charge in [-0.1, -0.05) is 6.07 Å². The Bertz CT molecular complexity index is 616. The summed E-state index contributed by atoms with van der Waals surface area (Å²) in [6.45, 7) is 2.39. The van der Waals surface area contributed by atoms with Crippen LogP contribution >= 0.6 is 0 Å². The van der Waals surface area contributed by atoms with Gasteiger partial charge in [0, 0.05) is 6.20 Å². The highest BCUT2D eigenvalue weighted by atomic mass is 16.5. The Labute approximate surface area is 117 Å². The summed E-state index contributed by atoms with van der Waals surface area (Å²) in [7, 11) is 0. The van der Waals surface area contributed by atoms with Crippen molar-refractivity contribution < 1.29 is 4.74 Å². The van der Waals surface area contributed by atoms with Crippen molar-refractivity contribution in [1.29, 1.82) is 0 Å². The molecule has 0 radical (unpaired) electrons. The van der Waals surface area contributed by atoms with Gasteiger partial charge >= 0.3 is 6.01 Å². The largest absolute Gasteiger partial charge is 0.464 e. The summed E-state index contributed by atoms with van der Waals surface area (Å²) in [5.41, 5.74) is 8.07. The van der Waals surface area contributed by atoms with E-state index in [1.165, 1.54) is 5.56 Å². The number of hydrogen-bond donors (Lipinski definition) is 1. The number of nitrogen functional groups attached to an aromatic ring is 1. The fourth-order valence-corrected chi connectivity index (χ4v) is 2.60. The zero-order valence-electron chi connectivity index (χ0n) is 11.4. The summed E-state index contributed by atoms with van der Waals surface area (Å²) in [5, 5.41) is 0. The quantitative estimate of drug-likeness (QED) is 0.914. The van der Waals surface area contributed by atoms with Crippen molar-refractivity contribution in [3.8, 4) is 6.01 Å². The molecule has 3 rings (SSSR count). The van der Waals surface area contributed by atoms with E-state index in [2.05, 4.69) is 26.0 Å². The number of pyridine rings is 1. The van der Waals surface area contributed by atoms with E-state index in [0.717, 1.165) is 25.0 Å². The van der Waals surface area contributed by atoms with Gasteiger partial charge in [-0.05, 0) is 37.8 Å². The second-order valence-electron chi connectivity index (χ2n) is 4.76. The number of ether oxygens (including phenoxy) is 1. The van der Waals surface area contributed by atoms with E-state index in [0.29, 0.717) is 12.4 Å². The molecule has 1 aliphatic carbocycles. The van der Waals surface area contributed by atoms with Crippen LogP contribution in [0.1, 0.15) is 42.8 Å². The molecule has 2 heterocycles. The Kier molecular flexibility index (Phi) is 3.45. The predicted molar refractivity (Wildman–Crippen MR) is 74.4 cm³/mol. The normalized spacial score (nSPS) is 17.6. The summed E-state index contributed by atoms with van der Waals surface area (Å²) in [5.74, 6) is 0.923. The minimum Gasteiger partial charge on any atom is -0.464 e. The molecule has 6 heteroatoms. The first kappa shape index (κ1) is 12.8. The van der Waals surface area contributed by atoms with E-state index in [-0.39, 0.29) is 17.9 Å². The van der Waals surface area contributed by atoms with E-state index in [1.54, 1.807) is 0 Å². The molecule has 1 unspecified atom stereocenters. The van der Waals surface area contributed by atoms with Crippen LogP contribution in [0.15, 0.2) is 18.3 Å². The molecule has 2 aromatic rings. The number of anilines is 1. The SMILES string of the molecule is CCOc1nc(N)nc(C2CCCc3cccnc32)n1. The average Bonchev–Trinajstić information content (AvgIpc) is 2.46. The molecule has 0 bridgehead atoms. The van der Waals surface area contributed by atoms with Gasteiger partial charge in [-0.15, -0.1) is 0 Å². The Morgan fingerprint density at radius 1 is 1.35 bits per heavy atom. The third-order valence-corrected chi connectivity index (χ3v) is 3.43. The number of aryl methyl sites for hydroxylation is 1. The molecule has 104 valence electrons. The molecule has 0 fully saturated rings. The Morgan fingerprint density at radius 2 is 2.25 bits per heavy atom. The number of nitrogens with zero attached hydrogens (tertiary/aromatic N) is 4. The summed E-state index contributed by atoms with van der Waals surface area (Å²) in [6, 6.07) is 4.37. The van der Waals surface area contributed by atoms with Gasteiger partial charge in [0.1, 0.15) is 5.82 Å². The van der Waals surface area contributed by atoms with Gasteiger partial charge in [-0.2, -0.15) is 15.0 Å². The topological polar surface area (TPSA) is 86.8 Å². The van der Waals surface area contributed by atoms with Crippen molar-refractivity contribution in [2.75, 3.05) is 12.3 Å². The van der Waals surface area contributed by atoms with E-state index in [4.69, 9.17) is 10.5 Å². The van der Waals surface area contributed by atoms with Gasteiger partial charge in [-0.25, -0.2) is 0 Å². The Morgan fingerprint density at radius 3 is 3.10 bits per heavy atom. The van der Waals surface area contributed by atoms with Crippen molar-refractivity contribution in [1.82, 2.24) is 19.9 Å². The van der Waals surface area contributed by atoms with Gasteiger partial charge in [-0.3, -0.25) is 4.98 Å². The fourth-order valence-electron chi connectivity index (χ4n) is 2.60. The fraction of sp³-hybridized carbons (Fsp3) is 0.429. The van der Waals surface area contributed by atoms with Crippen LogP contribution in [0, 0.1) is 0 Å². The maximum atomic E-state index is 5.75. The van der Waals surface area contributed by atoms with Crippen LogP contribution in [0.2, 0.25) is 0 Å². The summed E-state index contributed by atoms with van der Waals surface area (Å²) < 4.78 is 5.34. The predicted octanol–water partition coefficient (Wildman–Crippen LogP) is 1.72. The monoisotopic (exact) mass is 271 g/mol. The van der Waals surface area contributed by atoms with Crippen molar-refractivity contribution >= 4 is 5.95 Å². The molecule has 1 aliphatic rings. The number of aromatic nitrogens is 4. The highest BCUT2D eigenvalue weighted by molar-refractivity contribution is 5.32. The molecule has 0 amide bonds. The smallest absolute Gasteiger partial charge is 0.321 e. The zero-order valence-corrected chi connectivity index (χ0v) is 11.4. The maximum absolute atomic E-state index is 5.75. The standard InChI is InChI=1S/C14H17N5O/c1-2-20-14-18-12(17-13(15)19-14)10-7-3-5-9-6-4-8-16-11(9)10/h4,6,8,10H,2-3,5,7H2,1H3,(H2,15,17,18,19). The van der Waals surface area contributed by atoms with Crippen LogP contribution in [0.5, 0.6) is 6.01 Å². The minimum atomic E-state index is 0.0736. The molecule has 0 spiro atoms. The second kappa shape index (κ2) is 5.40. The van der Waals surface area contributed by atoms with Crippen LogP contribution < -0.4 is 10.5 Å². The lowest BCUT2D eigenvalue weighted by atomic mass is 9.86. The highest BCUT2D eigenvalue weighted by Gasteiger charge is 2.26. The van der Waals surface area contributed by atoms with Crippen LogP contribution in [0.4, 0.5) is 5.95 Å². The second-order valence-corrected chi connectivity index (χ2v) is 4.76. The average molecular weight is 271 g/mol. The highest BCUT2D eigenvalue weighted by Crippen LogP contribution is 2.33. The minimum absolute atomic E-state index is 0.0736. The molecule has 2 aromatic heterocycles. The van der Waals surface area contributed by atoms with E-state index >= 15 is 0 Å². The third kappa shape index (κ3) is 2.41. The van der Waals surface area contributed by atoms with Gasteiger partial charge in [0.2, 0.25) is 5.95 Å². The van der Waals surface area contributed by atoms with Crippen LogP contribution in [0.3, 0.4) is 0 Å². The molecule has 0 saturated heterocycles. The van der Waals surface area contributed by atoms with E-state index < -0.39 is 0 Å². The molecule has 0 aliphatic heterocycles. The van der Waals surface area contributed by atoms with E-state index in [9.17, 15) is 0 Å². The van der Waals surface area contributed by atoms with Gasteiger partial charge in [0.05, 0.1) is 18.2 Å². The van der Waals surface area contributed by atoms with Crippen molar-refractivity contribution in [2.24, 2.45) is 0 Å². The van der Waals surface area contributed by atoms with E-state index in [1.807, 2.05) is 19.2 Å². The lowest BCUT2D eigenvalue weighted by Gasteiger charge is -2.23. The molecule has 0 aromatic carbocycles. The van der Waals surface area contributed by atoms with Crippen molar-refractivity contribution in [2.45, 2.75) is 32.1 Å². The lowest BCUT2D eigenvalue weighted by molar-refractivity contribution is 0.309. The molecule has 0 saturated carbocycles. The Balaban J connectivity index is 2.01. The molecule has 6 nitrogen and oxygen atoms in total. The number of hydrogen-bond acceptors (Lipinski definition) is 6. The number of rotatable bonds is 3. The molecular weight excluding hydrogens is 254 g/mol. The van der Waals surface area contributed by atoms with Crippen LogP contribution in [-0.4, -0.2) is 26.5 Å². The van der Waals surface area contributed by atoms with Crippen LogP contribution in [0.25, 0.3) is 0 Å². The number of nitrogens with two attached hydrogens (primary N) is 1. The first-order valence-corrected chi connectivity index (χ1v) is 6.86. The van der Waals surface area contributed by atoms with Gasteiger partial charge < -0.3 is 10.5 Å². The Hall–Kier alpha value is -2.24. The summed E-state index contributed by atoms with van der Waals surface area (Å²) in [4.78, 5) is 17.1. The molecular formula is C14H17N5O. The number of fused-ring (bicyclic) bond motifs is 1. The van der Waals surface area contributed by atoms with Crippen LogP contribution in [-0.2, 0) is 6.42 Å². The first-order valence-electron chi connectivity index (χ1n) is 6.86. The molecule has 2 N–H and O–H groups in total. The third-order valence-electron chi connectivity index (χ3n) is 3.43. The van der Waals surface area contributed by atoms with Gasteiger partial charge in [0.25, 0.3) is 0 Å².